The summed E-state index contributed by atoms with van der Waals surface area (Å²) >= 11 is 7.26. The number of carbonyl (C=O) groups is 1. The molecular weight excluding hydrogens is 474 g/mol. The number of halogens is 1. The number of aromatic nitrogens is 1. The number of allylic oxidation sites excluding steroid dienone is 1. The van der Waals surface area contributed by atoms with Gasteiger partial charge in [-0.3, -0.25) is 9.36 Å². The summed E-state index contributed by atoms with van der Waals surface area (Å²) in [6.07, 6.45) is 1.58. The highest BCUT2D eigenvalue weighted by molar-refractivity contribution is 7.07. The summed E-state index contributed by atoms with van der Waals surface area (Å²) < 4.78 is 7.20. The van der Waals surface area contributed by atoms with Crippen LogP contribution in [0.5, 0.6) is 5.75 Å². The van der Waals surface area contributed by atoms with E-state index in [0.717, 1.165) is 11.3 Å². The molecule has 1 aliphatic rings. The van der Waals surface area contributed by atoms with Gasteiger partial charge in [0.05, 0.1) is 28.5 Å². The fraction of sp³-hybridized carbons (Fsp3) is 0.240. The lowest BCUT2D eigenvalue weighted by atomic mass is 9.95. The molecule has 0 saturated heterocycles. The van der Waals surface area contributed by atoms with Crippen molar-refractivity contribution < 1.29 is 14.6 Å². The van der Waals surface area contributed by atoms with Crippen molar-refractivity contribution in [1.82, 2.24) is 4.57 Å². The Bertz CT molecular complexity index is 1470. The van der Waals surface area contributed by atoms with E-state index in [2.05, 4.69) is 4.99 Å². The van der Waals surface area contributed by atoms with Crippen LogP contribution in [-0.2, 0) is 9.53 Å². The van der Waals surface area contributed by atoms with Gasteiger partial charge < -0.3 is 14.7 Å². The van der Waals surface area contributed by atoms with E-state index in [1.54, 1.807) is 32.1 Å². The normalized spacial score (nSPS) is 15.7. The second-order valence-corrected chi connectivity index (χ2v) is 9.44. The maximum Gasteiger partial charge on any atom is 0.338 e. The van der Waals surface area contributed by atoms with Crippen LogP contribution in [0.25, 0.3) is 6.08 Å². The van der Waals surface area contributed by atoms with Crippen LogP contribution in [-0.4, -0.2) is 36.3 Å². The van der Waals surface area contributed by atoms with Crippen LogP contribution in [0, 0.1) is 0 Å². The van der Waals surface area contributed by atoms with Gasteiger partial charge >= 0.3 is 5.97 Å². The Morgan fingerprint density at radius 1 is 1.26 bits per heavy atom. The second-order valence-electron chi connectivity index (χ2n) is 7.99. The van der Waals surface area contributed by atoms with E-state index in [1.807, 2.05) is 43.3 Å². The molecule has 0 radical (unpaired) electrons. The number of anilines is 1. The number of nitrogens with zero attached hydrogens (tertiary/aromatic N) is 3. The summed E-state index contributed by atoms with van der Waals surface area (Å²) in [4.78, 5) is 33.5. The Balaban J connectivity index is 1.95. The van der Waals surface area contributed by atoms with E-state index >= 15 is 0 Å². The lowest BCUT2D eigenvalue weighted by molar-refractivity contribution is -0.139. The first-order chi connectivity index (χ1) is 16.2. The van der Waals surface area contributed by atoms with Crippen molar-refractivity contribution in [3.8, 4) is 5.75 Å². The molecule has 1 atom stereocenters. The summed E-state index contributed by atoms with van der Waals surface area (Å²) in [5.74, 6) is -0.498. The van der Waals surface area contributed by atoms with Crippen molar-refractivity contribution in [1.29, 1.82) is 0 Å². The summed E-state index contributed by atoms with van der Waals surface area (Å²) in [5, 5.41) is 10.7. The molecule has 0 amide bonds. The molecule has 0 saturated carbocycles. The Morgan fingerprint density at radius 3 is 2.62 bits per heavy atom. The van der Waals surface area contributed by atoms with E-state index in [0.29, 0.717) is 31.2 Å². The monoisotopic (exact) mass is 497 g/mol. The van der Waals surface area contributed by atoms with Gasteiger partial charge in [0.15, 0.2) is 4.80 Å². The molecule has 9 heteroatoms. The maximum atomic E-state index is 13.6. The third kappa shape index (κ3) is 4.38. The zero-order valence-electron chi connectivity index (χ0n) is 19.2. The minimum atomic E-state index is -0.693. The van der Waals surface area contributed by atoms with E-state index in [1.165, 1.54) is 22.0 Å². The van der Waals surface area contributed by atoms with Crippen molar-refractivity contribution in [2.45, 2.75) is 19.9 Å². The summed E-state index contributed by atoms with van der Waals surface area (Å²) in [6.45, 7) is 3.69. The predicted molar refractivity (Wildman–Crippen MR) is 134 cm³/mol. The number of benzene rings is 2. The molecule has 1 aromatic heterocycles. The highest BCUT2D eigenvalue weighted by atomic mass is 35.5. The van der Waals surface area contributed by atoms with E-state index in [9.17, 15) is 14.7 Å². The fourth-order valence-corrected chi connectivity index (χ4v) is 5.06. The van der Waals surface area contributed by atoms with Crippen LogP contribution < -0.4 is 19.8 Å². The summed E-state index contributed by atoms with van der Waals surface area (Å²) in [6, 6.07) is 11.6. The molecule has 4 rings (SSSR count). The Morgan fingerprint density at radius 2 is 1.97 bits per heavy atom. The zero-order chi connectivity index (χ0) is 24.6. The largest absolute Gasteiger partial charge is 0.507 e. The maximum absolute atomic E-state index is 13.6. The van der Waals surface area contributed by atoms with Gasteiger partial charge in [0, 0.05) is 30.4 Å². The number of rotatable bonds is 5. The number of hydrogen-bond acceptors (Lipinski definition) is 7. The van der Waals surface area contributed by atoms with E-state index < -0.39 is 12.0 Å². The van der Waals surface area contributed by atoms with Gasteiger partial charge in [-0.25, -0.2) is 9.79 Å². The van der Waals surface area contributed by atoms with Crippen molar-refractivity contribution in [2.24, 2.45) is 4.99 Å². The summed E-state index contributed by atoms with van der Waals surface area (Å²) in [7, 11) is 3.88. The zero-order valence-corrected chi connectivity index (χ0v) is 20.8. The smallest absolute Gasteiger partial charge is 0.338 e. The van der Waals surface area contributed by atoms with E-state index in [4.69, 9.17) is 16.3 Å². The number of thiazole rings is 1. The van der Waals surface area contributed by atoms with Crippen LogP contribution in [0.2, 0.25) is 5.02 Å². The number of fused-ring (bicyclic) bond motifs is 1. The number of esters is 1. The Kier molecular flexibility index (Phi) is 6.63. The highest BCUT2D eigenvalue weighted by Crippen LogP contribution is 2.31. The van der Waals surface area contributed by atoms with Crippen molar-refractivity contribution in [3.63, 3.8) is 0 Å². The van der Waals surface area contributed by atoms with Gasteiger partial charge in [-0.15, -0.1) is 0 Å². The molecule has 1 N–H and O–H groups in total. The van der Waals surface area contributed by atoms with Crippen molar-refractivity contribution in [3.05, 3.63) is 89.6 Å². The van der Waals surface area contributed by atoms with Crippen LogP contribution >= 0.6 is 22.9 Å². The quantitative estimate of drug-likeness (QED) is 0.547. The van der Waals surface area contributed by atoms with Gasteiger partial charge in [0.1, 0.15) is 5.75 Å². The Hall–Kier alpha value is -3.36. The third-order valence-corrected chi connectivity index (χ3v) is 6.74. The molecule has 0 fully saturated rings. The molecule has 2 heterocycles. The third-order valence-electron chi connectivity index (χ3n) is 5.52. The second kappa shape index (κ2) is 9.48. The molecule has 176 valence electrons. The first-order valence-electron chi connectivity index (χ1n) is 10.7. The van der Waals surface area contributed by atoms with Gasteiger partial charge in [0.2, 0.25) is 0 Å². The van der Waals surface area contributed by atoms with Gasteiger partial charge in [-0.2, -0.15) is 0 Å². The standard InChI is InChI=1S/C25H24ClN3O4S/c1-5-33-24(32)21-14(2)27-25-29(22(21)15-6-9-18(10-7-15)28(3)4)23(31)20(34-25)13-16-12-17(26)8-11-19(16)30/h6-13,22,30H,5H2,1-4H3/b20-13+/t22-/m1/s1. The SMILES string of the molecule is CCOC(=O)C1=C(C)N=c2s/c(=C/c3cc(Cl)ccc3O)c(=O)n2[C@@H]1c1ccc(N(C)C)cc1. The topological polar surface area (TPSA) is 84.1 Å². The van der Waals surface area contributed by atoms with Crippen molar-refractivity contribution in [2.75, 3.05) is 25.6 Å². The van der Waals surface area contributed by atoms with Gasteiger partial charge in [-0.05, 0) is 55.8 Å². The molecule has 1 aliphatic heterocycles. The minimum absolute atomic E-state index is 0.00875. The fourth-order valence-electron chi connectivity index (χ4n) is 3.84. The number of carbonyl (C=O) groups excluding carboxylic acids is 1. The van der Waals surface area contributed by atoms with Crippen molar-refractivity contribution >= 4 is 40.7 Å². The molecular formula is C25H24ClN3O4S. The first kappa shape index (κ1) is 23.8. The predicted octanol–water partition coefficient (Wildman–Crippen LogP) is 3.22. The van der Waals surface area contributed by atoms with Crippen LogP contribution in [0.4, 0.5) is 5.69 Å². The van der Waals surface area contributed by atoms with Crippen LogP contribution in [0.15, 0.2) is 63.5 Å². The molecule has 34 heavy (non-hydrogen) atoms. The molecule has 0 aliphatic carbocycles. The number of aromatic hydroxyl groups is 1. The van der Waals surface area contributed by atoms with Gasteiger partial charge in [-0.1, -0.05) is 35.1 Å². The van der Waals surface area contributed by atoms with Crippen LogP contribution in [0.3, 0.4) is 0 Å². The highest BCUT2D eigenvalue weighted by Gasteiger charge is 2.33. The summed E-state index contributed by atoms with van der Waals surface area (Å²) in [5.41, 5.74) is 2.68. The minimum Gasteiger partial charge on any atom is -0.507 e. The molecule has 3 aromatic rings. The molecule has 0 bridgehead atoms. The first-order valence-corrected chi connectivity index (χ1v) is 11.9. The number of hydrogen-bond donors (Lipinski definition) is 1. The van der Waals surface area contributed by atoms with Gasteiger partial charge in [0.25, 0.3) is 5.56 Å². The Labute approximate surface area is 205 Å². The molecule has 7 nitrogen and oxygen atoms in total. The molecule has 0 spiro atoms. The molecule has 0 unspecified atom stereocenters. The average molecular weight is 498 g/mol. The van der Waals surface area contributed by atoms with Crippen LogP contribution in [0.1, 0.15) is 31.0 Å². The number of ether oxygens (including phenoxy) is 1. The lowest BCUT2D eigenvalue weighted by Gasteiger charge is -2.25. The molecule has 2 aromatic carbocycles. The number of phenolic OH excluding ortho intramolecular Hbond substituents is 1. The number of phenols is 1. The average Bonchev–Trinajstić information content (AvgIpc) is 3.10. The van der Waals surface area contributed by atoms with E-state index in [-0.39, 0.29) is 17.9 Å². The lowest BCUT2D eigenvalue weighted by Crippen LogP contribution is -2.39.